The van der Waals surface area contributed by atoms with Gasteiger partial charge in [0.1, 0.15) is 6.61 Å². The summed E-state index contributed by atoms with van der Waals surface area (Å²) in [5.41, 5.74) is 6.47. The Morgan fingerprint density at radius 1 is 1.62 bits per heavy atom. The molecule has 0 saturated carbocycles. The van der Waals surface area contributed by atoms with Crippen molar-refractivity contribution in [2.24, 2.45) is 10.9 Å². The predicted molar refractivity (Wildman–Crippen MR) is 59.0 cm³/mol. The number of rotatable bonds is 2. The van der Waals surface area contributed by atoms with Crippen LogP contribution in [0, 0.1) is 0 Å². The molecule has 0 bridgehead atoms. The number of halogens is 2. The minimum Gasteiger partial charge on any atom is -0.396 e. The number of oxime groups is 1. The van der Waals surface area contributed by atoms with Crippen molar-refractivity contribution in [2.45, 2.75) is 19.4 Å². The van der Waals surface area contributed by atoms with Gasteiger partial charge in [-0.1, -0.05) is 5.16 Å². The van der Waals surface area contributed by atoms with E-state index in [1.54, 1.807) is 0 Å². The summed E-state index contributed by atoms with van der Waals surface area (Å²) in [6, 6.07) is 0. The van der Waals surface area contributed by atoms with E-state index in [-0.39, 0.29) is 30.4 Å². The molecule has 13 heavy (non-hydrogen) atoms. The molecule has 1 aliphatic heterocycles. The van der Waals surface area contributed by atoms with Crippen molar-refractivity contribution in [1.29, 1.82) is 0 Å². The van der Waals surface area contributed by atoms with Crippen LogP contribution >= 0.6 is 24.8 Å². The summed E-state index contributed by atoms with van der Waals surface area (Å²) >= 11 is 0. The van der Waals surface area contributed by atoms with Gasteiger partial charge in [0, 0.05) is 13.1 Å². The van der Waals surface area contributed by atoms with Gasteiger partial charge in [-0.3, -0.25) is 0 Å². The van der Waals surface area contributed by atoms with Gasteiger partial charge in [-0.15, -0.1) is 24.8 Å². The molecule has 0 aromatic rings. The van der Waals surface area contributed by atoms with Crippen LogP contribution in [0.3, 0.4) is 0 Å². The smallest absolute Gasteiger partial charge is 0.114 e. The molecule has 1 saturated heterocycles. The highest BCUT2D eigenvalue weighted by molar-refractivity contribution is 5.96. The topological polar surface area (TPSA) is 59.6 Å². The molecule has 3 N–H and O–H groups in total. The molecule has 1 unspecified atom stereocenters. The molecule has 80 valence electrons. The third-order valence-corrected chi connectivity index (χ3v) is 1.75. The van der Waals surface area contributed by atoms with Gasteiger partial charge in [-0.05, 0) is 13.8 Å². The molecule has 1 rings (SSSR count). The lowest BCUT2D eigenvalue weighted by atomic mass is 10.0. The largest absolute Gasteiger partial charge is 0.396 e. The van der Waals surface area contributed by atoms with Gasteiger partial charge in [0.2, 0.25) is 0 Å². The molecule has 0 aliphatic carbocycles. The van der Waals surface area contributed by atoms with Crippen molar-refractivity contribution in [2.75, 3.05) is 19.7 Å². The number of nitrogens with zero attached hydrogens (tertiary/aromatic N) is 1. The maximum atomic E-state index is 5.89. The summed E-state index contributed by atoms with van der Waals surface area (Å²) in [7, 11) is 0. The van der Waals surface area contributed by atoms with Crippen LogP contribution in [0.4, 0.5) is 0 Å². The zero-order valence-corrected chi connectivity index (χ0v) is 9.50. The average molecular weight is 230 g/mol. The Morgan fingerprint density at radius 3 is 2.62 bits per heavy atom. The fraction of sp³-hybridized carbons (Fsp3) is 0.857. The van der Waals surface area contributed by atoms with E-state index in [4.69, 9.17) is 10.6 Å². The summed E-state index contributed by atoms with van der Waals surface area (Å²) in [6.45, 7) is 5.97. The Hall–Kier alpha value is -0.0300. The van der Waals surface area contributed by atoms with E-state index in [2.05, 4.69) is 10.5 Å². The zero-order valence-electron chi connectivity index (χ0n) is 7.87. The summed E-state index contributed by atoms with van der Waals surface area (Å²) in [5, 5.41) is 7.06. The van der Waals surface area contributed by atoms with Crippen molar-refractivity contribution in [3.05, 3.63) is 0 Å². The van der Waals surface area contributed by atoms with E-state index in [0.717, 1.165) is 18.8 Å². The molecule has 1 aliphatic rings. The Balaban J connectivity index is 0. The minimum atomic E-state index is -0.324. The Kier molecular flexibility index (Phi) is 7.64. The molecule has 1 heterocycles. The van der Waals surface area contributed by atoms with Gasteiger partial charge in [0.05, 0.1) is 11.3 Å². The summed E-state index contributed by atoms with van der Waals surface area (Å²) < 4.78 is 0. The first-order chi connectivity index (χ1) is 5.17. The van der Waals surface area contributed by atoms with Gasteiger partial charge in [-0.25, -0.2) is 0 Å². The molecule has 1 fully saturated rings. The van der Waals surface area contributed by atoms with Crippen molar-refractivity contribution >= 4 is 30.5 Å². The maximum absolute atomic E-state index is 5.89. The van der Waals surface area contributed by atoms with E-state index in [1.165, 1.54) is 0 Å². The van der Waals surface area contributed by atoms with Crippen molar-refractivity contribution in [1.82, 2.24) is 5.32 Å². The summed E-state index contributed by atoms with van der Waals surface area (Å²) in [4.78, 5) is 4.92. The number of nitrogens with two attached hydrogens (primary N) is 1. The monoisotopic (exact) mass is 229 g/mol. The van der Waals surface area contributed by atoms with Gasteiger partial charge >= 0.3 is 0 Å². The lowest BCUT2D eigenvalue weighted by Gasteiger charge is -2.15. The fourth-order valence-electron chi connectivity index (χ4n) is 1.02. The van der Waals surface area contributed by atoms with Crippen LogP contribution in [-0.2, 0) is 4.84 Å². The normalized spacial score (nSPS) is 29.3. The lowest BCUT2D eigenvalue weighted by molar-refractivity contribution is 0.157. The van der Waals surface area contributed by atoms with Crippen LogP contribution in [0.5, 0.6) is 0 Å². The highest BCUT2D eigenvalue weighted by atomic mass is 35.5. The van der Waals surface area contributed by atoms with Gasteiger partial charge < -0.3 is 15.9 Å². The maximum Gasteiger partial charge on any atom is 0.114 e. The molecule has 0 spiro atoms. The van der Waals surface area contributed by atoms with E-state index in [0.29, 0.717) is 6.61 Å². The minimum absolute atomic E-state index is 0. The molecule has 1 atom stereocenters. The summed E-state index contributed by atoms with van der Waals surface area (Å²) in [6.07, 6.45) is 0. The van der Waals surface area contributed by atoms with Crippen LogP contribution < -0.4 is 11.1 Å². The van der Waals surface area contributed by atoms with E-state index in [1.807, 2.05) is 13.8 Å². The first kappa shape index (κ1) is 15.4. The SMILES string of the molecule is CCON=C1CNCC1(C)N.Cl.Cl. The number of hydrogen-bond acceptors (Lipinski definition) is 4. The third kappa shape index (κ3) is 4.13. The quantitative estimate of drug-likeness (QED) is 0.681. The van der Waals surface area contributed by atoms with Gasteiger partial charge in [0.25, 0.3) is 0 Å². The van der Waals surface area contributed by atoms with Crippen molar-refractivity contribution in [3.8, 4) is 0 Å². The van der Waals surface area contributed by atoms with Crippen LogP contribution in [0.1, 0.15) is 13.8 Å². The standard InChI is InChI=1S/C7H15N3O.2ClH/c1-3-11-10-6-4-9-5-7(6,2)8;;/h9H,3-5,8H2,1-2H3;2*1H. The first-order valence-corrected chi connectivity index (χ1v) is 3.85. The lowest BCUT2D eigenvalue weighted by Crippen LogP contribution is -2.44. The fourth-order valence-corrected chi connectivity index (χ4v) is 1.02. The van der Waals surface area contributed by atoms with Crippen molar-refractivity contribution < 1.29 is 4.84 Å². The molecule has 0 amide bonds. The number of nitrogens with one attached hydrogen (secondary N) is 1. The van der Waals surface area contributed by atoms with Crippen LogP contribution in [-0.4, -0.2) is 30.9 Å². The number of hydrogen-bond donors (Lipinski definition) is 2. The summed E-state index contributed by atoms with van der Waals surface area (Å²) in [5.74, 6) is 0. The molecule has 4 nitrogen and oxygen atoms in total. The highest BCUT2D eigenvalue weighted by Gasteiger charge is 2.31. The second-order valence-corrected chi connectivity index (χ2v) is 2.98. The van der Waals surface area contributed by atoms with Gasteiger partial charge in [0.15, 0.2) is 0 Å². The molecule has 0 aromatic heterocycles. The molecular weight excluding hydrogens is 213 g/mol. The second-order valence-electron chi connectivity index (χ2n) is 2.98. The molecular formula is C7H17Cl2N3O. The Labute approximate surface area is 91.1 Å². The molecule has 0 aromatic carbocycles. The Morgan fingerprint density at radius 2 is 2.23 bits per heavy atom. The van der Waals surface area contributed by atoms with Crippen LogP contribution in [0.2, 0.25) is 0 Å². The van der Waals surface area contributed by atoms with Crippen molar-refractivity contribution in [3.63, 3.8) is 0 Å². The van der Waals surface area contributed by atoms with E-state index >= 15 is 0 Å². The van der Waals surface area contributed by atoms with Crippen LogP contribution in [0.15, 0.2) is 5.16 Å². The van der Waals surface area contributed by atoms with E-state index in [9.17, 15) is 0 Å². The van der Waals surface area contributed by atoms with E-state index < -0.39 is 0 Å². The second kappa shape index (κ2) is 6.43. The Bertz CT molecular complexity index is 173. The first-order valence-electron chi connectivity index (χ1n) is 3.85. The third-order valence-electron chi connectivity index (χ3n) is 1.75. The zero-order chi connectivity index (χ0) is 8.32. The highest BCUT2D eigenvalue weighted by Crippen LogP contribution is 2.07. The van der Waals surface area contributed by atoms with Gasteiger partial charge in [-0.2, -0.15) is 0 Å². The molecule has 6 heteroatoms. The molecule has 0 radical (unpaired) electrons. The average Bonchev–Trinajstić information content (AvgIpc) is 2.25. The predicted octanol–water partition coefficient (Wildman–Crippen LogP) is 0.543. The van der Waals surface area contributed by atoms with Crippen LogP contribution in [0.25, 0.3) is 0 Å².